The zero-order valence-electron chi connectivity index (χ0n) is 14.2. The van der Waals surface area contributed by atoms with Crippen molar-refractivity contribution in [3.05, 3.63) is 77.2 Å². The average molecular weight is 354 g/mol. The van der Waals surface area contributed by atoms with E-state index in [2.05, 4.69) is 20.6 Å². The Morgan fingerprint density at radius 3 is 2.38 bits per heavy atom. The molecule has 0 bridgehead atoms. The van der Waals surface area contributed by atoms with E-state index in [9.17, 15) is 13.6 Å². The van der Waals surface area contributed by atoms with Gasteiger partial charge in [0.1, 0.15) is 29.5 Å². The number of aryl methyl sites for hydroxylation is 2. The van der Waals surface area contributed by atoms with Gasteiger partial charge in [-0.2, -0.15) is 0 Å². The first kappa shape index (κ1) is 17.5. The fraction of sp³-hybridized carbons (Fsp3) is 0.105. The third-order valence-corrected chi connectivity index (χ3v) is 3.57. The lowest BCUT2D eigenvalue weighted by Crippen LogP contribution is -2.15. The monoisotopic (exact) mass is 354 g/mol. The molecule has 0 radical (unpaired) electrons. The second kappa shape index (κ2) is 7.26. The zero-order chi connectivity index (χ0) is 18.7. The van der Waals surface area contributed by atoms with Crippen molar-refractivity contribution >= 4 is 23.1 Å². The largest absolute Gasteiger partial charge is 0.340 e. The molecule has 0 unspecified atom stereocenters. The minimum Gasteiger partial charge on any atom is -0.340 e. The van der Waals surface area contributed by atoms with E-state index >= 15 is 0 Å². The van der Waals surface area contributed by atoms with Crippen molar-refractivity contribution in [3.63, 3.8) is 0 Å². The number of nitrogens with one attached hydrogen (secondary N) is 2. The van der Waals surface area contributed by atoms with Crippen LogP contribution in [0, 0.1) is 25.5 Å². The number of halogens is 2. The molecule has 2 N–H and O–H groups in total. The Morgan fingerprint density at radius 2 is 1.69 bits per heavy atom. The van der Waals surface area contributed by atoms with Crippen LogP contribution in [0.2, 0.25) is 0 Å². The molecule has 2 aromatic carbocycles. The fourth-order valence-corrected chi connectivity index (χ4v) is 2.52. The van der Waals surface area contributed by atoms with E-state index in [-0.39, 0.29) is 11.4 Å². The summed E-state index contributed by atoms with van der Waals surface area (Å²) in [6.07, 6.45) is 1.24. The molecule has 7 heteroatoms. The van der Waals surface area contributed by atoms with E-state index in [4.69, 9.17) is 0 Å². The van der Waals surface area contributed by atoms with Gasteiger partial charge in [-0.1, -0.05) is 6.07 Å². The fourth-order valence-electron chi connectivity index (χ4n) is 2.52. The van der Waals surface area contributed by atoms with Gasteiger partial charge in [-0.3, -0.25) is 4.79 Å². The molecule has 1 amide bonds. The quantitative estimate of drug-likeness (QED) is 0.730. The van der Waals surface area contributed by atoms with Gasteiger partial charge in [0, 0.05) is 17.8 Å². The molecule has 132 valence electrons. The van der Waals surface area contributed by atoms with Crippen molar-refractivity contribution in [1.82, 2.24) is 9.97 Å². The zero-order valence-corrected chi connectivity index (χ0v) is 14.2. The molecule has 0 fully saturated rings. The van der Waals surface area contributed by atoms with Crippen LogP contribution in [0.5, 0.6) is 0 Å². The Hall–Kier alpha value is -3.35. The first-order valence-electron chi connectivity index (χ1n) is 7.84. The number of amides is 1. The summed E-state index contributed by atoms with van der Waals surface area (Å²) in [6.45, 7) is 3.96. The van der Waals surface area contributed by atoms with E-state index in [0.29, 0.717) is 11.9 Å². The number of hydrogen-bond acceptors (Lipinski definition) is 4. The van der Waals surface area contributed by atoms with E-state index < -0.39 is 17.5 Å². The van der Waals surface area contributed by atoms with Gasteiger partial charge < -0.3 is 10.6 Å². The van der Waals surface area contributed by atoms with Crippen LogP contribution in [-0.4, -0.2) is 15.9 Å². The Labute approximate surface area is 149 Å². The van der Waals surface area contributed by atoms with Gasteiger partial charge in [0.2, 0.25) is 0 Å². The number of hydrogen-bond donors (Lipinski definition) is 2. The Kier molecular flexibility index (Phi) is 4.88. The van der Waals surface area contributed by atoms with Gasteiger partial charge in [-0.25, -0.2) is 18.7 Å². The number of anilines is 3. The Balaban J connectivity index is 1.78. The molecule has 1 heterocycles. The molecule has 0 saturated heterocycles. The lowest BCUT2D eigenvalue weighted by atomic mass is 10.1. The van der Waals surface area contributed by atoms with Gasteiger partial charge >= 0.3 is 0 Å². The van der Waals surface area contributed by atoms with Crippen LogP contribution >= 0.6 is 0 Å². The molecule has 0 atom stereocenters. The molecular formula is C19H16F2N4O. The summed E-state index contributed by atoms with van der Waals surface area (Å²) in [5.41, 5.74) is 2.93. The predicted octanol–water partition coefficient (Wildman–Crippen LogP) is 4.37. The number of carbonyl (C=O) groups is 1. The molecule has 5 nitrogen and oxygen atoms in total. The van der Waals surface area contributed by atoms with Crippen molar-refractivity contribution in [2.24, 2.45) is 0 Å². The molecule has 0 aliphatic heterocycles. The van der Waals surface area contributed by atoms with Gasteiger partial charge in [0.25, 0.3) is 5.91 Å². The second-order valence-electron chi connectivity index (χ2n) is 5.87. The first-order valence-corrected chi connectivity index (χ1v) is 7.84. The third kappa shape index (κ3) is 4.18. The number of benzene rings is 2. The lowest BCUT2D eigenvalue weighted by molar-refractivity contribution is 0.102. The minimum absolute atomic E-state index is 0.0515. The topological polar surface area (TPSA) is 66.9 Å². The SMILES string of the molecule is Cc1cc(C)cc(Nc2cc(C(=O)Nc3ccc(F)cc3F)ncn2)c1. The molecular weight excluding hydrogens is 338 g/mol. The summed E-state index contributed by atoms with van der Waals surface area (Å²) in [5, 5.41) is 5.47. The van der Waals surface area contributed by atoms with Crippen LogP contribution in [0.1, 0.15) is 21.6 Å². The molecule has 0 spiro atoms. The van der Waals surface area contributed by atoms with Gasteiger partial charge in [-0.15, -0.1) is 0 Å². The van der Waals surface area contributed by atoms with Crippen molar-refractivity contribution < 1.29 is 13.6 Å². The van der Waals surface area contributed by atoms with E-state index in [0.717, 1.165) is 28.9 Å². The van der Waals surface area contributed by atoms with Crippen LogP contribution in [0.4, 0.5) is 26.0 Å². The maximum absolute atomic E-state index is 13.7. The highest BCUT2D eigenvalue weighted by molar-refractivity contribution is 6.03. The molecule has 3 aromatic rings. The molecule has 0 saturated carbocycles. The van der Waals surface area contributed by atoms with E-state index in [1.807, 2.05) is 32.0 Å². The highest BCUT2D eigenvalue weighted by atomic mass is 19.1. The van der Waals surface area contributed by atoms with Crippen LogP contribution in [0.3, 0.4) is 0 Å². The molecule has 1 aromatic heterocycles. The van der Waals surface area contributed by atoms with Gasteiger partial charge in [0.05, 0.1) is 5.69 Å². The maximum Gasteiger partial charge on any atom is 0.274 e. The van der Waals surface area contributed by atoms with Crippen molar-refractivity contribution in [1.29, 1.82) is 0 Å². The van der Waals surface area contributed by atoms with Crippen LogP contribution < -0.4 is 10.6 Å². The minimum atomic E-state index is -0.860. The van der Waals surface area contributed by atoms with Crippen molar-refractivity contribution in [2.75, 3.05) is 10.6 Å². The normalized spacial score (nSPS) is 10.5. The summed E-state index contributed by atoms with van der Waals surface area (Å²) in [4.78, 5) is 20.3. The maximum atomic E-state index is 13.7. The summed E-state index contributed by atoms with van der Waals surface area (Å²) in [7, 11) is 0. The lowest BCUT2D eigenvalue weighted by Gasteiger charge is -2.09. The summed E-state index contributed by atoms with van der Waals surface area (Å²) < 4.78 is 26.6. The predicted molar refractivity (Wildman–Crippen MR) is 95.5 cm³/mol. The first-order chi connectivity index (χ1) is 12.4. The molecule has 26 heavy (non-hydrogen) atoms. The average Bonchev–Trinajstić information content (AvgIpc) is 2.56. The third-order valence-electron chi connectivity index (χ3n) is 3.57. The summed E-state index contributed by atoms with van der Waals surface area (Å²) in [5.74, 6) is -1.78. The Bertz CT molecular complexity index is 955. The Morgan fingerprint density at radius 1 is 0.962 bits per heavy atom. The van der Waals surface area contributed by atoms with Crippen LogP contribution in [-0.2, 0) is 0 Å². The van der Waals surface area contributed by atoms with E-state index in [1.165, 1.54) is 12.4 Å². The summed E-state index contributed by atoms with van der Waals surface area (Å²) in [6, 6.07) is 10.3. The van der Waals surface area contributed by atoms with Crippen molar-refractivity contribution in [2.45, 2.75) is 13.8 Å². The van der Waals surface area contributed by atoms with Crippen LogP contribution in [0.25, 0.3) is 0 Å². The smallest absolute Gasteiger partial charge is 0.274 e. The van der Waals surface area contributed by atoms with Crippen LogP contribution in [0.15, 0.2) is 48.8 Å². The highest BCUT2D eigenvalue weighted by Crippen LogP contribution is 2.19. The molecule has 0 aliphatic rings. The second-order valence-corrected chi connectivity index (χ2v) is 5.87. The number of rotatable bonds is 4. The molecule has 0 aliphatic carbocycles. The molecule has 3 rings (SSSR count). The number of nitrogens with zero attached hydrogens (tertiary/aromatic N) is 2. The highest BCUT2D eigenvalue weighted by Gasteiger charge is 2.12. The summed E-state index contributed by atoms with van der Waals surface area (Å²) >= 11 is 0. The van der Waals surface area contributed by atoms with Crippen molar-refractivity contribution in [3.8, 4) is 0 Å². The van der Waals surface area contributed by atoms with Gasteiger partial charge in [0.15, 0.2) is 0 Å². The number of aromatic nitrogens is 2. The van der Waals surface area contributed by atoms with Gasteiger partial charge in [-0.05, 0) is 49.2 Å². The van der Waals surface area contributed by atoms with E-state index in [1.54, 1.807) is 0 Å². The number of carbonyl (C=O) groups excluding carboxylic acids is 1. The standard InChI is InChI=1S/C19H16F2N4O/c1-11-5-12(2)7-14(6-11)24-18-9-17(22-10-23-18)19(26)25-16-4-3-13(20)8-15(16)21/h3-10H,1-2H3,(H,25,26)(H,22,23,24).